The number of unbranched alkanes of at least 4 members (excludes halogenated alkanes) is 1. The van der Waals surface area contributed by atoms with Gasteiger partial charge in [0.05, 0.1) is 25.3 Å². The largest absolute Gasteiger partial charge is 0.490 e. The smallest absolute Gasteiger partial charge is 0.337 e. The summed E-state index contributed by atoms with van der Waals surface area (Å²) >= 11 is 6.06. The maximum Gasteiger partial charge on any atom is 0.337 e. The highest BCUT2D eigenvalue weighted by Gasteiger charge is 2.33. The Balaban J connectivity index is 1.93. The van der Waals surface area contributed by atoms with Gasteiger partial charge in [0.25, 0.3) is 0 Å². The van der Waals surface area contributed by atoms with Gasteiger partial charge in [-0.15, -0.1) is 0 Å². The summed E-state index contributed by atoms with van der Waals surface area (Å²) in [5.74, 6) is 0.581. The summed E-state index contributed by atoms with van der Waals surface area (Å²) in [5, 5.41) is 6.25. The number of hydrogen-bond donors (Lipinski definition) is 2. The van der Waals surface area contributed by atoms with E-state index in [-0.39, 0.29) is 6.03 Å². The number of halogens is 1. The van der Waals surface area contributed by atoms with Gasteiger partial charge in [0.2, 0.25) is 0 Å². The Morgan fingerprint density at radius 2 is 1.91 bits per heavy atom. The molecule has 1 heterocycles. The van der Waals surface area contributed by atoms with Crippen LogP contribution in [0.1, 0.15) is 50.3 Å². The molecular weight excluding hydrogens is 444 g/mol. The molecule has 2 aromatic carbocycles. The van der Waals surface area contributed by atoms with Crippen molar-refractivity contribution in [2.45, 2.75) is 45.8 Å². The normalized spacial score (nSPS) is 15.5. The number of carbonyl (C=O) groups excluding carboxylic acids is 2. The predicted molar refractivity (Wildman–Crippen MR) is 126 cm³/mol. The molecule has 2 aromatic rings. The Bertz CT molecular complexity index is 1040. The first-order valence-corrected chi connectivity index (χ1v) is 11.4. The van der Waals surface area contributed by atoms with Gasteiger partial charge in [0, 0.05) is 10.7 Å². The second kappa shape index (κ2) is 11.6. The Hall–Kier alpha value is -3.19. The summed E-state index contributed by atoms with van der Waals surface area (Å²) in [5.41, 5.74) is 2.59. The monoisotopic (exact) mass is 472 g/mol. The quantitative estimate of drug-likeness (QED) is 0.459. The van der Waals surface area contributed by atoms with Crippen molar-refractivity contribution in [3.8, 4) is 11.5 Å². The van der Waals surface area contributed by atoms with Crippen LogP contribution in [0.25, 0.3) is 0 Å². The number of allylic oxidation sites excluding steroid dienone is 1. The van der Waals surface area contributed by atoms with Crippen molar-refractivity contribution in [2.24, 2.45) is 0 Å². The second-order valence-corrected chi connectivity index (χ2v) is 8.01. The Morgan fingerprint density at radius 3 is 2.61 bits per heavy atom. The molecule has 1 aliphatic rings. The minimum absolute atomic E-state index is 0.318. The first kappa shape index (κ1) is 24.5. The van der Waals surface area contributed by atoms with E-state index in [1.165, 1.54) is 7.11 Å². The van der Waals surface area contributed by atoms with Gasteiger partial charge in [0.15, 0.2) is 11.5 Å². The van der Waals surface area contributed by atoms with Crippen LogP contribution in [-0.2, 0) is 16.1 Å². The average molecular weight is 473 g/mol. The standard InChI is InChI=1S/C25H29ClN2O5/c1-4-6-10-19-22(24(29)31-3)23(28-25(30)27-19)17-11-12-20(21(14-17)32-5-2)33-15-16-8-7-9-18(26)13-16/h7-9,11-14,23H,4-6,10,15H2,1-3H3,(H2,27,28,30). The maximum atomic E-state index is 12.7. The molecule has 3 rings (SSSR count). The molecule has 7 nitrogen and oxygen atoms in total. The lowest BCUT2D eigenvalue weighted by Gasteiger charge is -2.29. The number of urea groups is 1. The number of methoxy groups -OCH3 is 1. The van der Waals surface area contributed by atoms with Crippen molar-refractivity contribution in [2.75, 3.05) is 13.7 Å². The zero-order valence-electron chi connectivity index (χ0n) is 19.1. The molecule has 2 amide bonds. The van der Waals surface area contributed by atoms with Crippen LogP contribution < -0.4 is 20.1 Å². The molecule has 0 radical (unpaired) electrons. The molecule has 0 saturated heterocycles. The van der Waals surface area contributed by atoms with Crippen molar-refractivity contribution in [3.63, 3.8) is 0 Å². The zero-order valence-corrected chi connectivity index (χ0v) is 19.8. The third kappa shape index (κ3) is 6.20. The van der Waals surface area contributed by atoms with E-state index < -0.39 is 12.0 Å². The SMILES string of the molecule is CCCCC1=C(C(=O)OC)C(c2ccc(OCc3cccc(Cl)c3)c(OCC)c2)NC(=O)N1. The van der Waals surface area contributed by atoms with E-state index in [9.17, 15) is 9.59 Å². The molecule has 2 N–H and O–H groups in total. The van der Waals surface area contributed by atoms with Crippen LogP contribution in [0, 0.1) is 0 Å². The lowest BCUT2D eigenvalue weighted by molar-refractivity contribution is -0.136. The fourth-order valence-electron chi connectivity index (χ4n) is 3.65. The summed E-state index contributed by atoms with van der Waals surface area (Å²) in [6, 6.07) is 11.8. The summed E-state index contributed by atoms with van der Waals surface area (Å²) in [4.78, 5) is 25.0. The molecule has 0 aliphatic carbocycles. The molecule has 0 fully saturated rings. The van der Waals surface area contributed by atoms with E-state index >= 15 is 0 Å². The average Bonchev–Trinajstić information content (AvgIpc) is 2.81. The molecule has 8 heteroatoms. The molecule has 176 valence electrons. The fourth-order valence-corrected chi connectivity index (χ4v) is 3.86. The predicted octanol–water partition coefficient (Wildman–Crippen LogP) is 5.29. The third-order valence-electron chi connectivity index (χ3n) is 5.22. The van der Waals surface area contributed by atoms with Gasteiger partial charge in [-0.25, -0.2) is 9.59 Å². The molecule has 0 aromatic heterocycles. The van der Waals surface area contributed by atoms with Gasteiger partial charge in [-0.05, 0) is 55.2 Å². The van der Waals surface area contributed by atoms with Crippen LogP contribution in [0.4, 0.5) is 4.79 Å². The number of hydrogen-bond acceptors (Lipinski definition) is 5. The number of esters is 1. The second-order valence-electron chi connectivity index (χ2n) is 7.58. The van der Waals surface area contributed by atoms with Gasteiger partial charge in [0.1, 0.15) is 6.61 Å². The Kier molecular flexibility index (Phi) is 8.60. The number of benzene rings is 2. The molecule has 0 spiro atoms. The van der Waals surface area contributed by atoms with Crippen molar-refractivity contribution >= 4 is 23.6 Å². The van der Waals surface area contributed by atoms with Crippen LogP contribution in [0.5, 0.6) is 11.5 Å². The number of amides is 2. The molecule has 33 heavy (non-hydrogen) atoms. The number of rotatable bonds is 10. The van der Waals surface area contributed by atoms with Crippen molar-refractivity contribution in [1.82, 2.24) is 10.6 Å². The van der Waals surface area contributed by atoms with E-state index in [0.29, 0.717) is 53.0 Å². The third-order valence-corrected chi connectivity index (χ3v) is 5.46. The first-order chi connectivity index (χ1) is 16.0. The van der Waals surface area contributed by atoms with Gasteiger partial charge >= 0.3 is 12.0 Å². The highest BCUT2D eigenvalue weighted by Crippen LogP contribution is 2.36. The number of nitrogens with one attached hydrogen (secondary N) is 2. The summed E-state index contributed by atoms with van der Waals surface area (Å²) in [7, 11) is 1.33. The highest BCUT2D eigenvalue weighted by molar-refractivity contribution is 6.30. The van der Waals surface area contributed by atoms with Crippen LogP contribution in [0.3, 0.4) is 0 Å². The van der Waals surface area contributed by atoms with Crippen LogP contribution in [-0.4, -0.2) is 25.7 Å². The van der Waals surface area contributed by atoms with Crippen LogP contribution in [0.2, 0.25) is 5.02 Å². The molecule has 1 atom stereocenters. The lowest BCUT2D eigenvalue weighted by Crippen LogP contribution is -2.45. The zero-order chi connectivity index (χ0) is 23.8. The van der Waals surface area contributed by atoms with Gasteiger partial charge in [-0.2, -0.15) is 0 Å². The van der Waals surface area contributed by atoms with E-state index in [0.717, 1.165) is 18.4 Å². The van der Waals surface area contributed by atoms with Crippen LogP contribution >= 0.6 is 11.6 Å². The van der Waals surface area contributed by atoms with Crippen molar-refractivity contribution < 1.29 is 23.8 Å². The highest BCUT2D eigenvalue weighted by atomic mass is 35.5. The first-order valence-electron chi connectivity index (χ1n) is 11.0. The summed E-state index contributed by atoms with van der Waals surface area (Å²) < 4.78 is 16.8. The lowest BCUT2D eigenvalue weighted by atomic mass is 9.93. The molecule has 1 aliphatic heterocycles. The maximum absolute atomic E-state index is 12.7. The Labute approximate surface area is 199 Å². The van der Waals surface area contributed by atoms with E-state index in [2.05, 4.69) is 17.6 Å². The van der Waals surface area contributed by atoms with Crippen LogP contribution in [0.15, 0.2) is 53.7 Å². The number of carbonyl (C=O) groups is 2. The number of ether oxygens (including phenoxy) is 3. The molecule has 0 bridgehead atoms. The minimum atomic E-state index is -0.667. The van der Waals surface area contributed by atoms with E-state index in [1.807, 2.05) is 31.2 Å². The van der Waals surface area contributed by atoms with Gasteiger partial charge in [-0.1, -0.05) is 43.1 Å². The fraction of sp³-hybridized carbons (Fsp3) is 0.360. The Morgan fingerprint density at radius 1 is 1.09 bits per heavy atom. The van der Waals surface area contributed by atoms with Crippen molar-refractivity contribution in [1.29, 1.82) is 0 Å². The molecule has 0 saturated carbocycles. The van der Waals surface area contributed by atoms with E-state index in [4.69, 9.17) is 25.8 Å². The summed E-state index contributed by atoms with van der Waals surface area (Å²) in [6.07, 6.45) is 2.34. The minimum Gasteiger partial charge on any atom is -0.490 e. The molecular formula is C25H29ClN2O5. The van der Waals surface area contributed by atoms with Gasteiger partial charge < -0.3 is 24.8 Å². The molecule has 1 unspecified atom stereocenters. The topological polar surface area (TPSA) is 85.9 Å². The van der Waals surface area contributed by atoms with E-state index in [1.54, 1.807) is 18.2 Å². The van der Waals surface area contributed by atoms with Gasteiger partial charge in [-0.3, -0.25) is 0 Å². The van der Waals surface area contributed by atoms with Crippen molar-refractivity contribution in [3.05, 3.63) is 69.9 Å². The summed E-state index contributed by atoms with van der Waals surface area (Å²) in [6.45, 7) is 4.67.